The maximum atomic E-state index is 12.0. The SMILES string of the molecule is CCOc1ccc(C(Br)C(C)(C)S(C)(=O)=O)cc1OCC. The van der Waals surface area contributed by atoms with Crippen LogP contribution in [-0.4, -0.2) is 32.6 Å². The van der Waals surface area contributed by atoms with Crippen LogP contribution in [0.1, 0.15) is 38.1 Å². The minimum atomic E-state index is -3.21. The van der Waals surface area contributed by atoms with Crippen LogP contribution in [-0.2, 0) is 9.84 Å². The Morgan fingerprint density at radius 1 is 1.14 bits per heavy atom. The molecule has 0 spiro atoms. The molecule has 0 fully saturated rings. The number of benzene rings is 1. The number of rotatable bonds is 7. The summed E-state index contributed by atoms with van der Waals surface area (Å²) < 4.78 is 34.1. The number of alkyl halides is 1. The molecule has 0 aliphatic rings. The topological polar surface area (TPSA) is 52.6 Å². The average Bonchev–Trinajstić information content (AvgIpc) is 2.39. The molecule has 1 atom stereocenters. The van der Waals surface area contributed by atoms with Crippen LogP contribution >= 0.6 is 15.9 Å². The standard InChI is InChI=1S/C15H23BrO4S/c1-6-19-12-9-8-11(10-13(12)20-7-2)14(16)15(3,4)21(5,17)18/h8-10,14H,6-7H2,1-5H3. The lowest BCUT2D eigenvalue weighted by Crippen LogP contribution is -2.35. The van der Waals surface area contributed by atoms with Gasteiger partial charge in [0.15, 0.2) is 21.3 Å². The van der Waals surface area contributed by atoms with E-state index in [4.69, 9.17) is 9.47 Å². The number of hydrogen-bond acceptors (Lipinski definition) is 4. The third-order valence-corrected chi connectivity index (χ3v) is 7.55. The van der Waals surface area contributed by atoms with Crippen molar-refractivity contribution in [2.45, 2.75) is 37.3 Å². The van der Waals surface area contributed by atoms with Crippen molar-refractivity contribution < 1.29 is 17.9 Å². The van der Waals surface area contributed by atoms with Crippen molar-refractivity contribution in [3.05, 3.63) is 23.8 Å². The minimum Gasteiger partial charge on any atom is -0.490 e. The van der Waals surface area contributed by atoms with Crippen LogP contribution < -0.4 is 9.47 Å². The van der Waals surface area contributed by atoms with Gasteiger partial charge < -0.3 is 9.47 Å². The lowest BCUT2D eigenvalue weighted by atomic mass is 10.0. The quantitative estimate of drug-likeness (QED) is 0.678. The molecule has 4 nitrogen and oxygen atoms in total. The van der Waals surface area contributed by atoms with E-state index in [1.807, 2.05) is 32.0 Å². The fraction of sp³-hybridized carbons (Fsp3) is 0.600. The van der Waals surface area contributed by atoms with E-state index in [0.717, 1.165) is 5.56 Å². The zero-order valence-electron chi connectivity index (χ0n) is 13.1. The van der Waals surface area contributed by atoms with Crippen LogP contribution in [0.25, 0.3) is 0 Å². The lowest BCUT2D eigenvalue weighted by Gasteiger charge is -2.29. The van der Waals surface area contributed by atoms with Crippen LogP contribution in [0, 0.1) is 0 Å². The second-order valence-corrected chi connectivity index (χ2v) is 8.82. The number of hydrogen-bond donors (Lipinski definition) is 0. The molecule has 0 saturated carbocycles. The van der Waals surface area contributed by atoms with Crippen molar-refractivity contribution in [2.75, 3.05) is 19.5 Å². The van der Waals surface area contributed by atoms with Crippen LogP contribution in [0.4, 0.5) is 0 Å². The van der Waals surface area contributed by atoms with Gasteiger partial charge in [-0.1, -0.05) is 22.0 Å². The summed E-state index contributed by atoms with van der Waals surface area (Å²) in [7, 11) is -3.21. The summed E-state index contributed by atoms with van der Waals surface area (Å²) in [4.78, 5) is -0.338. The van der Waals surface area contributed by atoms with Crippen molar-refractivity contribution in [3.8, 4) is 11.5 Å². The van der Waals surface area contributed by atoms with Gasteiger partial charge in [0.2, 0.25) is 0 Å². The molecule has 0 N–H and O–H groups in total. The monoisotopic (exact) mass is 378 g/mol. The molecule has 0 radical (unpaired) electrons. The van der Waals surface area contributed by atoms with Gasteiger partial charge in [-0.05, 0) is 45.4 Å². The van der Waals surface area contributed by atoms with Gasteiger partial charge in [0.1, 0.15) is 0 Å². The van der Waals surface area contributed by atoms with Crippen molar-refractivity contribution >= 4 is 25.8 Å². The number of halogens is 1. The van der Waals surface area contributed by atoms with E-state index in [1.165, 1.54) is 6.26 Å². The number of ether oxygens (including phenoxy) is 2. The first-order valence-corrected chi connectivity index (χ1v) is 9.69. The Balaban J connectivity index is 3.22. The summed E-state index contributed by atoms with van der Waals surface area (Å²) in [6.07, 6.45) is 1.25. The van der Waals surface area contributed by atoms with Crippen LogP contribution in [0.2, 0.25) is 0 Å². The molecule has 0 aliphatic carbocycles. The van der Waals surface area contributed by atoms with E-state index in [1.54, 1.807) is 13.8 Å². The maximum absolute atomic E-state index is 12.0. The Kier molecular flexibility index (Phi) is 6.11. The first kappa shape index (κ1) is 18.3. The molecule has 0 heterocycles. The summed E-state index contributed by atoms with van der Waals surface area (Å²) in [6.45, 7) is 8.28. The molecule has 1 aromatic carbocycles. The first-order chi connectivity index (χ1) is 9.65. The highest BCUT2D eigenvalue weighted by molar-refractivity contribution is 9.09. The highest BCUT2D eigenvalue weighted by Crippen LogP contribution is 2.42. The van der Waals surface area contributed by atoms with Crippen molar-refractivity contribution in [1.82, 2.24) is 0 Å². The molecule has 0 saturated heterocycles. The summed E-state index contributed by atoms with van der Waals surface area (Å²) >= 11 is 3.52. The van der Waals surface area contributed by atoms with Gasteiger partial charge >= 0.3 is 0 Å². The molecule has 1 aromatic rings. The zero-order chi connectivity index (χ0) is 16.3. The van der Waals surface area contributed by atoms with E-state index in [9.17, 15) is 8.42 Å². The average molecular weight is 379 g/mol. The molecule has 0 aromatic heterocycles. The van der Waals surface area contributed by atoms with Gasteiger partial charge in [-0.25, -0.2) is 8.42 Å². The molecule has 120 valence electrons. The molecule has 0 bridgehead atoms. The Morgan fingerprint density at radius 3 is 2.14 bits per heavy atom. The van der Waals surface area contributed by atoms with E-state index in [2.05, 4.69) is 15.9 Å². The van der Waals surface area contributed by atoms with Gasteiger partial charge in [0, 0.05) is 6.26 Å². The highest BCUT2D eigenvalue weighted by atomic mass is 79.9. The van der Waals surface area contributed by atoms with Crippen molar-refractivity contribution in [2.24, 2.45) is 0 Å². The highest BCUT2D eigenvalue weighted by Gasteiger charge is 2.38. The fourth-order valence-corrected chi connectivity index (χ4v) is 3.63. The van der Waals surface area contributed by atoms with Gasteiger partial charge in [-0.15, -0.1) is 0 Å². The van der Waals surface area contributed by atoms with Gasteiger partial charge in [-0.2, -0.15) is 0 Å². The Morgan fingerprint density at radius 2 is 1.67 bits per heavy atom. The van der Waals surface area contributed by atoms with Crippen LogP contribution in [0.3, 0.4) is 0 Å². The van der Waals surface area contributed by atoms with E-state index in [0.29, 0.717) is 24.7 Å². The van der Waals surface area contributed by atoms with Crippen molar-refractivity contribution in [3.63, 3.8) is 0 Å². The molecule has 1 rings (SSSR count). The lowest BCUT2D eigenvalue weighted by molar-refractivity contribution is 0.287. The van der Waals surface area contributed by atoms with Gasteiger partial charge in [-0.3, -0.25) is 0 Å². The van der Waals surface area contributed by atoms with Gasteiger partial charge in [0.05, 0.1) is 22.8 Å². The Hall–Kier alpha value is -0.750. The summed E-state index contributed by atoms with van der Waals surface area (Å²) in [5.41, 5.74) is 0.845. The fourth-order valence-electron chi connectivity index (χ4n) is 1.81. The summed E-state index contributed by atoms with van der Waals surface area (Å²) in [5.74, 6) is 1.30. The second-order valence-electron chi connectivity index (χ2n) is 5.31. The smallest absolute Gasteiger partial charge is 0.161 e. The number of sulfone groups is 1. The molecule has 6 heteroatoms. The predicted octanol–water partition coefficient (Wildman–Crippen LogP) is 3.74. The van der Waals surface area contributed by atoms with Crippen molar-refractivity contribution in [1.29, 1.82) is 0 Å². The van der Waals surface area contributed by atoms with E-state index in [-0.39, 0.29) is 4.83 Å². The maximum Gasteiger partial charge on any atom is 0.161 e. The zero-order valence-corrected chi connectivity index (χ0v) is 15.5. The largest absolute Gasteiger partial charge is 0.490 e. The molecular weight excluding hydrogens is 356 g/mol. The predicted molar refractivity (Wildman–Crippen MR) is 89.4 cm³/mol. The normalized spacial score (nSPS) is 13.8. The Bertz CT molecular complexity index is 581. The molecule has 0 aliphatic heterocycles. The Labute approximate surface area is 135 Å². The molecule has 1 unspecified atom stereocenters. The molecule has 21 heavy (non-hydrogen) atoms. The third kappa shape index (κ3) is 4.13. The third-order valence-electron chi connectivity index (χ3n) is 3.43. The summed E-state index contributed by atoms with van der Waals surface area (Å²) in [6, 6.07) is 5.51. The second kappa shape index (κ2) is 7.01. The summed E-state index contributed by atoms with van der Waals surface area (Å²) in [5, 5.41) is 0. The first-order valence-electron chi connectivity index (χ1n) is 6.88. The van der Waals surface area contributed by atoms with Crippen LogP contribution in [0.15, 0.2) is 18.2 Å². The van der Waals surface area contributed by atoms with Crippen LogP contribution in [0.5, 0.6) is 11.5 Å². The van der Waals surface area contributed by atoms with Gasteiger partial charge in [0.25, 0.3) is 0 Å². The minimum absolute atomic E-state index is 0.338. The van der Waals surface area contributed by atoms with E-state index >= 15 is 0 Å². The van der Waals surface area contributed by atoms with E-state index < -0.39 is 14.6 Å². The molecule has 0 amide bonds. The molecular formula is C15H23BrO4S.